The van der Waals surface area contributed by atoms with Crippen LogP contribution in [0.15, 0.2) is 54.6 Å². The zero-order valence-corrected chi connectivity index (χ0v) is 19.3. The van der Waals surface area contributed by atoms with E-state index < -0.39 is 10.9 Å². The van der Waals surface area contributed by atoms with Crippen LogP contribution in [0, 0.1) is 10.1 Å². The van der Waals surface area contributed by atoms with Crippen LogP contribution in [0.2, 0.25) is 0 Å². The Hall–Kier alpha value is -4.31. The third-order valence-corrected chi connectivity index (χ3v) is 6.37. The van der Waals surface area contributed by atoms with Crippen LogP contribution in [0.3, 0.4) is 0 Å². The number of morpholine rings is 1. The van der Waals surface area contributed by atoms with E-state index in [1.165, 1.54) is 23.1 Å². The third kappa shape index (κ3) is 4.27. The number of hydrogen-bond acceptors (Lipinski definition) is 8. The van der Waals surface area contributed by atoms with Crippen molar-refractivity contribution in [1.82, 2.24) is 4.90 Å². The quantitative estimate of drug-likeness (QED) is 0.163. The van der Waals surface area contributed by atoms with Crippen molar-refractivity contribution in [3.63, 3.8) is 0 Å². The van der Waals surface area contributed by atoms with Gasteiger partial charge in [-0.2, -0.15) is 0 Å². The molecule has 3 aromatic rings. The summed E-state index contributed by atoms with van der Waals surface area (Å²) >= 11 is 0. The Labute approximate surface area is 206 Å². The molecule has 1 saturated heterocycles. The second-order valence-corrected chi connectivity index (χ2v) is 8.52. The first kappa shape index (κ1) is 23.4. The summed E-state index contributed by atoms with van der Waals surface area (Å²) in [5.41, 5.74) is 1.75. The average Bonchev–Trinajstić information content (AvgIpc) is 2.91. The number of hydrogen-bond donors (Lipinski definition) is 0. The highest BCUT2D eigenvalue weighted by atomic mass is 16.6. The summed E-state index contributed by atoms with van der Waals surface area (Å²) in [6.07, 6.45) is 0.231. The van der Waals surface area contributed by atoms with Crippen LogP contribution in [0.1, 0.15) is 37.5 Å². The van der Waals surface area contributed by atoms with Gasteiger partial charge in [0, 0.05) is 59.4 Å². The number of nitrogens with zero attached hydrogens (tertiary/aromatic N) is 3. The van der Waals surface area contributed by atoms with E-state index in [4.69, 9.17) is 9.47 Å². The van der Waals surface area contributed by atoms with Gasteiger partial charge in [0.1, 0.15) is 0 Å². The number of rotatable bonds is 7. The van der Waals surface area contributed by atoms with Gasteiger partial charge in [0.15, 0.2) is 0 Å². The van der Waals surface area contributed by atoms with Gasteiger partial charge in [0.2, 0.25) is 0 Å². The maximum Gasteiger partial charge on any atom is 0.338 e. The Balaban J connectivity index is 1.29. The molecule has 0 atom stereocenters. The van der Waals surface area contributed by atoms with E-state index in [1.807, 2.05) is 18.2 Å². The average molecular weight is 489 g/mol. The number of benzene rings is 3. The molecule has 36 heavy (non-hydrogen) atoms. The number of anilines is 1. The van der Waals surface area contributed by atoms with Gasteiger partial charge in [-0.3, -0.25) is 24.6 Å². The number of nitro benzene ring substituents is 1. The molecule has 0 spiro atoms. The SMILES string of the molecule is O=C(OCCCN1C(=O)c2cccc3c(N4CCOCC4)ccc(c23)C1=O)c1cccc([N+](=O)[O-])c1. The summed E-state index contributed by atoms with van der Waals surface area (Å²) in [4.78, 5) is 52.4. The molecule has 0 radical (unpaired) electrons. The molecule has 0 saturated carbocycles. The third-order valence-electron chi connectivity index (χ3n) is 6.37. The molecule has 0 aromatic heterocycles. The smallest absolute Gasteiger partial charge is 0.338 e. The summed E-state index contributed by atoms with van der Waals surface area (Å²) < 4.78 is 10.7. The van der Waals surface area contributed by atoms with Gasteiger partial charge in [-0.15, -0.1) is 0 Å². The van der Waals surface area contributed by atoms with Crippen LogP contribution in [0.5, 0.6) is 0 Å². The van der Waals surface area contributed by atoms with Crippen molar-refractivity contribution in [2.45, 2.75) is 6.42 Å². The molecule has 184 valence electrons. The van der Waals surface area contributed by atoms with Crippen LogP contribution in [0.25, 0.3) is 10.8 Å². The highest BCUT2D eigenvalue weighted by Crippen LogP contribution is 2.36. The van der Waals surface area contributed by atoms with E-state index in [-0.39, 0.29) is 42.6 Å². The van der Waals surface area contributed by atoms with Crippen molar-refractivity contribution >= 4 is 39.9 Å². The molecule has 0 N–H and O–H groups in total. The van der Waals surface area contributed by atoms with Crippen LogP contribution in [-0.4, -0.2) is 67.1 Å². The first-order valence-electron chi connectivity index (χ1n) is 11.6. The number of esters is 1. The molecular formula is C26H23N3O7. The Morgan fingerprint density at radius 2 is 1.72 bits per heavy atom. The molecule has 2 aliphatic rings. The number of imide groups is 1. The highest BCUT2D eigenvalue weighted by molar-refractivity contribution is 6.26. The monoisotopic (exact) mass is 489 g/mol. The Morgan fingerprint density at radius 1 is 1.00 bits per heavy atom. The van der Waals surface area contributed by atoms with E-state index in [0.29, 0.717) is 29.7 Å². The Morgan fingerprint density at radius 3 is 2.47 bits per heavy atom. The normalized spacial score (nSPS) is 15.3. The van der Waals surface area contributed by atoms with E-state index >= 15 is 0 Å². The number of carbonyl (C=O) groups is 3. The number of amides is 2. The number of nitro groups is 1. The maximum absolute atomic E-state index is 13.3. The molecule has 2 heterocycles. The molecule has 5 rings (SSSR count). The lowest BCUT2D eigenvalue weighted by Gasteiger charge is -2.32. The van der Waals surface area contributed by atoms with Gasteiger partial charge in [0.05, 0.1) is 30.3 Å². The number of ether oxygens (including phenoxy) is 2. The zero-order chi connectivity index (χ0) is 25.2. The predicted octanol–water partition coefficient (Wildman–Crippen LogP) is 3.43. The fraction of sp³-hybridized carbons (Fsp3) is 0.269. The topological polar surface area (TPSA) is 119 Å². The van der Waals surface area contributed by atoms with Crippen molar-refractivity contribution in [2.75, 3.05) is 44.4 Å². The van der Waals surface area contributed by atoms with E-state index in [2.05, 4.69) is 4.90 Å². The lowest BCUT2D eigenvalue weighted by Crippen LogP contribution is -2.41. The second kappa shape index (κ2) is 9.74. The lowest BCUT2D eigenvalue weighted by molar-refractivity contribution is -0.384. The summed E-state index contributed by atoms with van der Waals surface area (Å²) in [5, 5.41) is 12.4. The number of carbonyl (C=O) groups excluding carboxylic acids is 3. The predicted molar refractivity (Wildman–Crippen MR) is 130 cm³/mol. The van der Waals surface area contributed by atoms with Gasteiger partial charge >= 0.3 is 5.97 Å². The van der Waals surface area contributed by atoms with Crippen LogP contribution in [0.4, 0.5) is 11.4 Å². The zero-order valence-electron chi connectivity index (χ0n) is 19.3. The van der Waals surface area contributed by atoms with Crippen molar-refractivity contribution in [3.05, 3.63) is 81.4 Å². The second-order valence-electron chi connectivity index (χ2n) is 8.52. The Bertz CT molecular complexity index is 1360. The standard InChI is InChI=1S/C26H23N3O7/c30-24-20-7-2-6-19-22(27-11-14-35-15-12-27)9-8-21(23(19)20)25(31)28(24)10-3-13-36-26(32)17-4-1-5-18(16-17)29(33)34/h1-2,4-9,16H,3,10-15H2. The van der Waals surface area contributed by atoms with E-state index in [9.17, 15) is 24.5 Å². The summed E-state index contributed by atoms with van der Waals surface area (Å²) in [6, 6.07) is 14.4. The van der Waals surface area contributed by atoms with Gasteiger partial charge in [-0.1, -0.05) is 18.2 Å². The van der Waals surface area contributed by atoms with E-state index in [1.54, 1.807) is 12.1 Å². The minimum absolute atomic E-state index is 0.0500. The molecule has 10 nitrogen and oxygen atoms in total. The summed E-state index contributed by atoms with van der Waals surface area (Å²) in [7, 11) is 0. The first-order valence-corrected chi connectivity index (χ1v) is 11.6. The molecule has 10 heteroatoms. The first-order chi connectivity index (χ1) is 17.5. The lowest BCUT2D eigenvalue weighted by atomic mass is 9.92. The molecule has 3 aromatic carbocycles. The van der Waals surface area contributed by atoms with Crippen LogP contribution >= 0.6 is 0 Å². The summed E-state index contributed by atoms with van der Waals surface area (Å²) in [6.45, 7) is 2.75. The molecule has 2 amide bonds. The van der Waals surface area contributed by atoms with Crippen molar-refractivity contribution in [2.24, 2.45) is 0 Å². The molecule has 1 fully saturated rings. The maximum atomic E-state index is 13.3. The number of non-ortho nitro benzene ring substituents is 1. The van der Waals surface area contributed by atoms with E-state index in [0.717, 1.165) is 30.2 Å². The molecule has 2 aliphatic heterocycles. The highest BCUT2D eigenvalue weighted by Gasteiger charge is 2.33. The van der Waals surface area contributed by atoms with Crippen molar-refractivity contribution in [1.29, 1.82) is 0 Å². The summed E-state index contributed by atoms with van der Waals surface area (Å²) in [5.74, 6) is -1.48. The molecule has 0 unspecified atom stereocenters. The largest absolute Gasteiger partial charge is 0.462 e. The fourth-order valence-corrected chi connectivity index (χ4v) is 4.63. The van der Waals surface area contributed by atoms with Gasteiger partial charge < -0.3 is 14.4 Å². The minimum Gasteiger partial charge on any atom is -0.462 e. The molecule has 0 aliphatic carbocycles. The van der Waals surface area contributed by atoms with Gasteiger partial charge in [-0.05, 0) is 30.7 Å². The van der Waals surface area contributed by atoms with Crippen LogP contribution in [-0.2, 0) is 9.47 Å². The van der Waals surface area contributed by atoms with Gasteiger partial charge in [-0.25, -0.2) is 4.79 Å². The Kier molecular flexibility index (Phi) is 6.34. The molecule has 0 bridgehead atoms. The van der Waals surface area contributed by atoms with Crippen molar-refractivity contribution in [3.8, 4) is 0 Å². The van der Waals surface area contributed by atoms with Crippen molar-refractivity contribution < 1.29 is 28.8 Å². The fourth-order valence-electron chi connectivity index (χ4n) is 4.63. The minimum atomic E-state index is -0.708. The van der Waals surface area contributed by atoms with Crippen LogP contribution < -0.4 is 4.90 Å². The molecular weight excluding hydrogens is 466 g/mol. The van der Waals surface area contributed by atoms with Gasteiger partial charge in [0.25, 0.3) is 17.5 Å².